The molecular formula is C10H9Cl3. The number of alkyl halides is 1. The van der Waals surface area contributed by atoms with E-state index >= 15 is 0 Å². The van der Waals surface area contributed by atoms with E-state index in [0.717, 1.165) is 11.1 Å². The summed E-state index contributed by atoms with van der Waals surface area (Å²) in [5, 5.41) is 1.30. The van der Waals surface area contributed by atoms with Crippen molar-refractivity contribution in [3.8, 4) is 0 Å². The van der Waals surface area contributed by atoms with E-state index in [1.165, 1.54) is 0 Å². The summed E-state index contributed by atoms with van der Waals surface area (Å²) in [5.41, 5.74) is 1.88. The van der Waals surface area contributed by atoms with Crippen LogP contribution in [0.5, 0.6) is 0 Å². The highest BCUT2D eigenvalue weighted by atomic mass is 35.5. The molecule has 1 rings (SSSR count). The molecule has 0 saturated heterocycles. The first kappa shape index (κ1) is 10.9. The molecule has 13 heavy (non-hydrogen) atoms. The topological polar surface area (TPSA) is 0 Å². The summed E-state index contributed by atoms with van der Waals surface area (Å²) >= 11 is 17.6. The van der Waals surface area contributed by atoms with Crippen LogP contribution >= 0.6 is 34.8 Å². The van der Waals surface area contributed by atoms with Crippen LogP contribution in [0.15, 0.2) is 23.8 Å². The van der Waals surface area contributed by atoms with E-state index in [0.29, 0.717) is 15.9 Å². The van der Waals surface area contributed by atoms with Gasteiger partial charge in [-0.15, -0.1) is 11.6 Å². The van der Waals surface area contributed by atoms with Crippen LogP contribution in [0.4, 0.5) is 0 Å². The zero-order chi connectivity index (χ0) is 9.84. The average molecular weight is 236 g/mol. The van der Waals surface area contributed by atoms with Gasteiger partial charge in [-0.1, -0.05) is 40.9 Å². The lowest BCUT2D eigenvalue weighted by Gasteiger charge is -2.02. The second-order valence-corrected chi connectivity index (χ2v) is 3.84. The predicted octanol–water partition coefficient (Wildman–Crippen LogP) is 4.64. The third-order valence-electron chi connectivity index (χ3n) is 1.60. The zero-order valence-electron chi connectivity index (χ0n) is 7.15. The molecule has 0 saturated carbocycles. The highest BCUT2D eigenvalue weighted by molar-refractivity contribution is 6.37. The third-order valence-corrected chi connectivity index (χ3v) is 2.68. The summed E-state index contributed by atoms with van der Waals surface area (Å²) in [7, 11) is 0. The highest BCUT2D eigenvalue weighted by Gasteiger charge is 2.01. The normalized spacial score (nSPS) is 11.8. The van der Waals surface area contributed by atoms with Crippen LogP contribution in [0, 0.1) is 0 Å². The highest BCUT2D eigenvalue weighted by Crippen LogP contribution is 2.26. The minimum Gasteiger partial charge on any atom is -0.122 e. The van der Waals surface area contributed by atoms with Gasteiger partial charge in [0.25, 0.3) is 0 Å². The van der Waals surface area contributed by atoms with Gasteiger partial charge in [0, 0.05) is 21.5 Å². The molecule has 0 bridgehead atoms. The van der Waals surface area contributed by atoms with Crippen molar-refractivity contribution in [2.24, 2.45) is 0 Å². The number of benzene rings is 1. The molecule has 0 atom stereocenters. The molecule has 0 spiro atoms. The van der Waals surface area contributed by atoms with Gasteiger partial charge < -0.3 is 0 Å². The second kappa shape index (κ2) is 4.90. The number of hydrogen-bond donors (Lipinski definition) is 0. The summed E-state index contributed by atoms with van der Waals surface area (Å²) in [6.07, 6.45) is 1.90. The van der Waals surface area contributed by atoms with Crippen molar-refractivity contribution in [1.82, 2.24) is 0 Å². The predicted molar refractivity (Wildman–Crippen MR) is 60.8 cm³/mol. The van der Waals surface area contributed by atoms with Gasteiger partial charge in [-0.25, -0.2) is 0 Å². The van der Waals surface area contributed by atoms with Crippen LogP contribution in [0.25, 0.3) is 6.08 Å². The van der Waals surface area contributed by atoms with E-state index in [1.54, 1.807) is 12.1 Å². The number of halogens is 3. The molecule has 0 amide bonds. The Labute approximate surface area is 93.1 Å². The fraction of sp³-hybridized carbons (Fsp3) is 0.200. The quantitative estimate of drug-likeness (QED) is 0.655. The van der Waals surface area contributed by atoms with Crippen molar-refractivity contribution in [3.63, 3.8) is 0 Å². The lowest BCUT2D eigenvalue weighted by atomic mass is 10.1. The van der Waals surface area contributed by atoms with Gasteiger partial charge >= 0.3 is 0 Å². The third kappa shape index (κ3) is 2.91. The van der Waals surface area contributed by atoms with Gasteiger partial charge in [0.1, 0.15) is 0 Å². The van der Waals surface area contributed by atoms with Crippen LogP contribution in [0.3, 0.4) is 0 Å². The maximum atomic E-state index is 5.96. The van der Waals surface area contributed by atoms with Crippen LogP contribution in [0.2, 0.25) is 10.0 Å². The fourth-order valence-electron chi connectivity index (χ4n) is 0.934. The van der Waals surface area contributed by atoms with E-state index in [2.05, 4.69) is 0 Å². The molecule has 0 N–H and O–H groups in total. The summed E-state index contributed by atoms with van der Waals surface area (Å²) in [6.45, 7) is 1.94. The Morgan fingerprint density at radius 2 is 1.85 bits per heavy atom. The Hall–Kier alpha value is -0.170. The minimum absolute atomic E-state index is 0.488. The first-order chi connectivity index (χ1) is 6.15. The molecular weight excluding hydrogens is 226 g/mol. The molecule has 70 valence electrons. The summed E-state index contributed by atoms with van der Waals surface area (Å²) in [4.78, 5) is 0. The second-order valence-electron chi connectivity index (χ2n) is 2.76. The largest absolute Gasteiger partial charge is 0.122 e. The van der Waals surface area contributed by atoms with Crippen LogP contribution in [0.1, 0.15) is 12.5 Å². The first-order valence-corrected chi connectivity index (χ1v) is 5.11. The maximum absolute atomic E-state index is 5.96. The SMILES string of the molecule is CC(=Cc1c(Cl)cccc1Cl)CCl. The van der Waals surface area contributed by atoms with Gasteiger partial charge in [0.05, 0.1) is 0 Å². The molecule has 3 heteroatoms. The lowest BCUT2D eigenvalue weighted by molar-refractivity contribution is 1.43. The standard InChI is InChI=1S/C10H9Cl3/c1-7(6-11)5-8-9(12)3-2-4-10(8)13/h2-5H,6H2,1H3. The van der Waals surface area contributed by atoms with Crippen molar-refractivity contribution in [2.45, 2.75) is 6.92 Å². The smallest absolute Gasteiger partial charge is 0.0493 e. The van der Waals surface area contributed by atoms with Crippen molar-refractivity contribution in [1.29, 1.82) is 0 Å². The van der Waals surface area contributed by atoms with Crippen molar-refractivity contribution in [3.05, 3.63) is 39.4 Å². The Kier molecular flexibility index (Phi) is 4.11. The van der Waals surface area contributed by atoms with Gasteiger partial charge in [0.15, 0.2) is 0 Å². The van der Waals surface area contributed by atoms with E-state index in [9.17, 15) is 0 Å². The maximum Gasteiger partial charge on any atom is 0.0493 e. The lowest BCUT2D eigenvalue weighted by Crippen LogP contribution is -1.81. The minimum atomic E-state index is 0.488. The van der Waals surface area contributed by atoms with Crippen molar-refractivity contribution < 1.29 is 0 Å². The molecule has 0 unspecified atom stereocenters. The van der Waals surface area contributed by atoms with Gasteiger partial charge in [-0.3, -0.25) is 0 Å². The van der Waals surface area contributed by atoms with Crippen molar-refractivity contribution >= 4 is 40.9 Å². The van der Waals surface area contributed by atoms with E-state index in [-0.39, 0.29) is 0 Å². The molecule has 1 aromatic rings. The molecule has 0 radical (unpaired) electrons. The monoisotopic (exact) mass is 234 g/mol. The van der Waals surface area contributed by atoms with Crippen molar-refractivity contribution in [2.75, 3.05) is 5.88 Å². The molecule has 0 fully saturated rings. The van der Waals surface area contributed by atoms with E-state index < -0.39 is 0 Å². The van der Waals surface area contributed by atoms with Gasteiger partial charge in [-0.2, -0.15) is 0 Å². The molecule has 1 aromatic carbocycles. The van der Waals surface area contributed by atoms with Crippen LogP contribution in [-0.2, 0) is 0 Å². The summed E-state index contributed by atoms with van der Waals surface area (Å²) < 4.78 is 0. The first-order valence-electron chi connectivity index (χ1n) is 3.82. The summed E-state index contributed by atoms with van der Waals surface area (Å²) in [6, 6.07) is 5.43. The zero-order valence-corrected chi connectivity index (χ0v) is 9.42. The summed E-state index contributed by atoms with van der Waals surface area (Å²) in [5.74, 6) is 0.488. The number of allylic oxidation sites excluding steroid dienone is 1. The van der Waals surface area contributed by atoms with Gasteiger partial charge in [-0.05, 0) is 19.1 Å². The molecule has 0 nitrogen and oxygen atoms in total. The fourth-order valence-corrected chi connectivity index (χ4v) is 1.52. The molecule has 0 heterocycles. The molecule has 0 aliphatic carbocycles. The molecule has 0 aliphatic heterocycles. The Morgan fingerprint density at radius 3 is 2.31 bits per heavy atom. The van der Waals surface area contributed by atoms with Gasteiger partial charge in [0.2, 0.25) is 0 Å². The van der Waals surface area contributed by atoms with E-state index in [1.807, 2.05) is 19.1 Å². The Balaban J connectivity index is 3.14. The molecule has 0 aliphatic rings. The Morgan fingerprint density at radius 1 is 1.31 bits per heavy atom. The van der Waals surface area contributed by atoms with E-state index in [4.69, 9.17) is 34.8 Å². The Bertz CT molecular complexity index is 309. The van der Waals surface area contributed by atoms with Crippen LogP contribution < -0.4 is 0 Å². The van der Waals surface area contributed by atoms with Crippen LogP contribution in [-0.4, -0.2) is 5.88 Å². The number of rotatable bonds is 2. The molecule has 0 aromatic heterocycles. The average Bonchev–Trinajstić information content (AvgIpc) is 2.11. The number of hydrogen-bond acceptors (Lipinski definition) is 0.